The number of methoxy groups -OCH3 is 1. The van der Waals surface area contributed by atoms with Gasteiger partial charge in [-0.25, -0.2) is 0 Å². The number of nitrogens with zero attached hydrogens (tertiary/aromatic N) is 2. The number of ether oxygens (including phenoxy) is 1. The van der Waals surface area contributed by atoms with Gasteiger partial charge in [0.15, 0.2) is 5.76 Å². The van der Waals surface area contributed by atoms with Crippen LogP contribution in [0.15, 0.2) is 57.7 Å². The average molecular weight is 375 g/mol. The first-order valence-corrected chi connectivity index (χ1v) is 8.56. The maximum atomic E-state index is 12.4. The van der Waals surface area contributed by atoms with Crippen molar-refractivity contribution in [2.45, 2.75) is 25.4 Å². The monoisotopic (exact) mass is 374 g/mol. The van der Waals surface area contributed by atoms with Crippen LogP contribution < -0.4 is 4.74 Å². The normalized spacial score (nSPS) is 12.0. The predicted molar refractivity (Wildman–Crippen MR) is 96.8 cm³/mol. The highest BCUT2D eigenvalue weighted by molar-refractivity contribution is 6.30. The van der Waals surface area contributed by atoms with Crippen molar-refractivity contribution >= 4 is 17.5 Å². The number of benzene rings is 1. The van der Waals surface area contributed by atoms with E-state index in [1.165, 1.54) is 0 Å². The molecule has 6 nitrogen and oxygen atoms in total. The molecule has 1 unspecified atom stereocenters. The molecule has 7 heteroatoms. The molecule has 0 saturated heterocycles. The molecular weight excluding hydrogens is 356 g/mol. The Labute approximate surface area is 156 Å². The van der Waals surface area contributed by atoms with E-state index in [1.807, 2.05) is 30.3 Å². The Hall–Kier alpha value is -2.73. The molecule has 0 radical (unpaired) electrons. The molecular formula is C19H19ClN2O4. The van der Waals surface area contributed by atoms with Crippen LogP contribution >= 0.6 is 11.6 Å². The zero-order chi connectivity index (χ0) is 18.5. The summed E-state index contributed by atoms with van der Waals surface area (Å²) >= 11 is 5.99. The summed E-state index contributed by atoms with van der Waals surface area (Å²) in [4.78, 5) is 14.0. The first-order valence-electron chi connectivity index (χ1n) is 8.12. The Morgan fingerprint density at radius 2 is 2.08 bits per heavy atom. The smallest absolute Gasteiger partial charge is 0.241 e. The molecule has 3 aromatic rings. The van der Waals surface area contributed by atoms with Gasteiger partial charge in [-0.2, -0.15) is 0 Å². The number of para-hydroxylation sites is 1. The van der Waals surface area contributed by atoms with Gasteiger partial charge in [0, 0.05) is 6.07 Å². The number of carbonyl (C=O) groups excluding carboxylic acids is 1. The first kappa shape index (κ1) is 18.1. The van der Waals surface area contributed by atoms with E-state index in [1.54, 1.807) is 37.3 Å². The number of alkyl halides is 1. The van der Waals surface area contributed by atoms with Crippen molar-refractivity contribution in [3.05, 3.63) is 60.2 Å². The van der Waals surface area contributed by atoms with Gasteiger partial charge in [0.25, 0.3) is 0 Å². The van der Waals surface area contributed by atoms with Gasteiger partial charge in [0.2, 0.25) is 5.91 Å². The van der Waals surface area contributed by atoms with Crippen molar-refractivity contribution in [3.8, 4) is 17.1 Å². The average Bonchev–Trinajstić information content (AvgIpc) is 3.32. The molecule has 2 aromatic heterocycles. The molecule has 0 saturated carbocycles. The van der Waals surface area contributed by atoms with Gasteiger partial charge in [-0.05, 0) is 31.2 Å². The van der Waals surface area contributed by atoms with E-state index in [2.05, 4.69) is 5.16 Å². The van der Waals surface area contributed by atoms with Gasteiger partial charge in [0.1, 0.15) is 22.6 Å². The molecule has 0 spiro atoms. The van der Waals surface area contributed by atoms with Crippen LogP contribution in [0.5, 0.6) is 5.75 Å². The van der Waals surface area contributed by atoms with E-state index in [9.17, 15) is 4.79 Å². The summed E-state index contributed by atoms with van der Waals surface area (Å²) in [7, 11) is 1.60. The van der Waals surface area contributed by atoms with Crippen LogP contribution in [0.25, 0.3) is 11.3 Å². The Balaban J connectivity index is 1.81. The van der Waals surface area contributed by atoms with Crippen molar-refractivity contribution in [1.82, 2.24) is 10.1 Å². The zero-order valence-electron chi connectivity index (χ0n) is 14.5. The van der Waals surface area contributed by atoms with E-state index in [-0.39, 0.29) is 12.5 Å². The van der Waals surface area contributed by atoms with Crippen molar-refractivity contribution < 1.29 is 18.5 Å². The number of hydrogen-bond donors (Lipinski definition) is 0. The SMILES string of the molecule is COc1ccccc1-c1cc(CN(Cc2ccco2)C(=O)C(C)Cl)no1. The van der Waals surface area contributed by atoms with Crippen molar-refractivity contribution in [1.29, 1.82) is 0 Å². The number of carbonyl (C=O) groups is 1. The highest BCUT2D eigenvalue weighted by atomic mass is 35.5. The maximum absolute atomic E-state index is 12.4. The molecule has 0 fully saturated rings. The third-order valence-corrected chi connectivity index (χ3v) is 4.05. The molecule has 1 amide bonds. The Bertz CT molecular complexity index is 858. The fraction of sp³-hybridized carbons (Fsp3) is 0.263. The second-order valence-electron chi connectivity index (χ2n) is 5.77. The lowest BCUT2D eigenvalue weighted by molar-refractivity contribution is -0.132. The van der Waals surface area contributed by atoms with Crippen LogP contribution in [0.2, 0.25) is 0 Å². The fourth-order valence-corrected chi connectivity index (χ4v) is 2.75. The third-order valence-electron chi connectivity index (χ3n) is 3.86. The number of rotatable bonds is 7. The molecule has 136 valence electrons. The van der Waals surface area contributed by atoms with Crippen molar-refractivity contribution in [2.24, 2.45) is 0 Å². The maximum Gasteiger partial charge on any atom is 0.241 e. The van der Waals surface area contributed by atoms with Crippen molar-refractivity contribution in [2.75, 3.05) is 7.11 Å². The van der Waals surface area contributed by atoms with E-state index >= 15 is 0 Å². The first-order chi connectivity index (χ1) is 12.6. The summed E-state index contributed by atoms with van der Waals surface area (Å²) in [6.45, 7) is 2.21. The summed E-state index contributed by atoms with van der Waals surface area (Å²) in [5.41, 5.74) is 1.41. The van der Waals surface area contributed by atoms with Crippen LogP contribution in [0.3, 0.4) is 0 Å². The lowest BCUT2D eigenvalue weighted by Crippen LogP contribution is -2.34. The van der Waals surface area contributed by atoms with Crippen LogP contribution in [-0.2, 0) is 17.9 Å². The molecule has 1 atom stereocenters. The van der Waals surface area contributed by atoms with Crippen molar-refractivity contribution in [3.63, 3.8) is 0 Å². The van der Waals surface area contributed by atoms with E-state index in [0.717, 1.165) is 5.56 Å². The van der Waals surface area contributed by atoms with Crippen LogP contribution in [0.4, 0.5) is 0 Å². The molecule has 1 aromatic carbocycles. The minimum atomic E-state index is -0.648. The molecule has 0 aliphatic rings. The van der Waals surface area contributed by atoms with Gasteiger partial charge in [-0.3, -0.25) is 4.79 Å². The molecule has 0 bridgehead atoms. The second-order valence-corrected chi connectivity index (χ2v) is 6.43. The van der Waals surface area contributed by atoms with E-state index < -0.39 is 5.38 Å². The lowest BCUT2D eigenvalue weighted by Gasteiger charge is -2.21. The molecule has 3 rings (SSSR count). The number of amides is 1. The highest BCUT2D eigenvalue weighted by Gasteiger charge is 2.22. The van der Waals surface area contributed by atoms with Gasteiger partial charge >= 0.3 is 0 Å². The standard InChI is InChI=1S/C19H19ClN2O4/c1-13(20)19(23)22(12-15-6-5-9-25-15)11-14-10-18(26-21-14)16-7-3-4-8-17(16)24-2/h3-10,13H,11-12H2,1-2H3. The topological polar surface area (TPSA) is 68.7 Å². The van der Waals surface area contributed by atoms with Gasteiger partial charge in [0.05, 0.1) is 32.0 Å². The molecule has 2 heterocycles. The highest BCUT2D eigenvalue weighted by Crippen LogP contribution is 2.30. The minimum Gasteiger partial charge on any atom is -0.496 e. The summed E-state index contributed by atoms with van der Waals surface area (Å²) in [6.07, 6.45) is 1.57. The molecule has 0 aliphatic carbocycles. The Kier molecular flexibility index (Phi) is 5.63. The molecule has 26 heavy (non-hydrogen) atoms. The van der Waals surface area contributed by atoms with Crippen LogP contribution in [0.1, 0.15) is 18.4 Å². The lowest BCUT2D eigenvalue weighted by atomic mass is 10.1. The van der Waals surface area contributed by atoms with E-state index in [4.69, 9.17) is 25.3 Å². The largest absolute Gasteiger partial charge is 0.496 e. The fourth-order valence-electron chi connectivity index (χ4n) is 2.61. The summed E-state index contributed by atoms with van der Waals surface area (Å²) in [5, 5.41) is 3.43. The minimum absolute atomic E-state index is 0.204. The van der Waals surface area contributed by atoms with Gasteiger partial charge in [-0.15, -0.1) is 11.6 Å². The van der Waals surface area contributed by atoms with Gasteiger partial charge in [-0.1, -0.05) is 17.3 Å². The van der Waals surface area contributed by atoms with Gasteiger partial charge < -0.3 is 18.6 Å². The Morgan fingerprint density at radius 3 is 2.77 bits per heavy atom. The summed E-state index contributed by atoms with van der Waals surface area (Å²) in [6, 6.07) is 12.9. The van der Waals surface area contributed by atoms with Crippen LogP contribution in [0, 0.1) is 0 Å². The molecule has 0 aliphatic heterocycles. The van der Waals surface area contributed by atoms with E-state index in [0.29, 0.717) is 29.5 Å². The Morgan fingerprint density at radius 1 is 1.27 bits per heavy atom. The number of halogens is 1. The predicted octanol–water partition coefficient (Wildman–Crippen LogP) is 4.10. The molecule has 0 N–H and O–H groups in total. The second kappa shape index (κ2) is 8.10. The number of aromatic nitrogens is 1. The third kappa shape index (κ3) is 4.08. The zero-order valence-corrected chi connectivity index (χ0v) is 15.3. The summed E-state index contributed by atoms with van der Waals surface area (Å²) < 4.78 is 16.1. The quantitative estimate of drug-likeness (QED) is 0.582. The summed E-state index contributed by atoms with van der Waals surface area (Å²) in [5.74, 6) is 1.73. The van der Waals surface area contributed by atoms with Crippen LogP contribution in [-0.4, -0.2) is 28.5 Å². The number of furan rings is 1. The number of hydrogen-bond acceptors (Lipinski definition) is 5.